The van der Waals surface area contributed by atoms with Gasteiger partial charge in [-0.05, 0) is 19.8 Å². The number of carbonyl (C=O) groups is 1. The number of rotatable bonds is 1. The predicted octanol–water partition coefficient (Wildman–Crippen LogP) is 1.81. The molecule has 1 aromatic heterocycles. The van der Waals surface area contributed by atoms with Gasteiger partial charge in [0.2, 0.25) is 0 Å². The van der Waals surface area contributed by atoms with Crippen LogP contribution in [0.1, 0.15) is 43.0 Å². The Labute approximate surface area is 89.7 Å². The predicted molar refractivity (Wildman–Crippen MR) is 57.6 cm³/mol. The number of hydrogen-bond acceptors (Lipinski definition) is 2. The zero-order chi connectivity index (χ0) is 10.7. The van der Waals surface area contributed by atoms with E-state index in [2.05, 4.69) is 17.1 Å². The highest BCUT2D eigenvalue weighted by atomic mass is 16.2. The third-order valence-electron chi connectivity index (χ3n) is 3.06. The van der Waals surface area contributed by atoms with Crippen LogP contribution >= 0.6 is 0 Å². The van der Waals surface area contributed by atoms with E-state index in [1.165, 1.54) is 12.8 Å². The van der Waals surface area contributed by atoms with E-state index < -0.39 is 0 Å². The van der Waals surface area contributed by atoms with Crippen LogP contribution in [0.4, 0.5) is 0 Å². The number of hydrogen-bond donors (Lipinski definition) is 1. The van der Waals surface area contributed by atoms with Crippen molar-refractivity contribution >= 4 is 5.91 Å². The smallest absolute Gasteiger partial charge is 0.257 e. The molecule has 2 rings (SSSR count). The van der Waals surface area contributed by atoms with Crippen LogP contribution in [0.25, 0.3) is 0 Å². The largest absolute Gasteiger partial charge is 0.336 e. The van der Waals surface area contributed by atoms with E-state index in [1.807, 2.05) is 4.90 Å². The Kier molecular flexibility index (Phi) is 3.04. The van der Waals surface area contributed by atoms with Gasteiger partial charge in [0.25, 0.3) is 5.91 Å². The molecule has 2 heterocycles. The summed E-state index contributed by atoms with van der Waals surface area (Å²) in [6.45, 7) is 3.01. The molecule has 1 aromatic rings. The minimum Gasteiger partial charge on any atom is -0.336 e. The van der Waals surface area contributed by atoms with Crippen LogP contribution in [0.3, 0.4) is 0 Å². The molecule has 1 aliphatic heterocycles. The van der Waals surface area contributed by atoms with Crippen molar-refractivity contribution in [1.82, 2.24) is 15.1 Å². The van der Waals surface area contributed by atoms with E-state index in [0.29, 0.717) is 11.6 Å². The molecule has 1 N–H and O–H groups in total. The number of amides is 1. The van der Waals surface area contributed by atoms with Crippen LogP contribution in [0.5, 0.6) is 0 Å². The lowest BCUT2D eigenvalue weighted by Gasteiger charge is -2.26. The molecule has 4 heteroatoms. The molecule has 4 nitrogen and oxygen atoms in total. The van der Waals surface area contributed by atoms with Crippen molar-refractivity contribution in [3.8, 4) is 0 Å². The molecule has 1 atom stereocenters. The monoisotopic (exact) mass is 207 g/mol. The molecule has 1 fully saturated rings. The van der Waals surface area contributed by atoms with Gasteiger partial charge >= 0.3 is 0 Å². The number of nitrogens with zero attached hydrogens (tertiary/aromatic N) is 2. The van der Waals surface area contributed by atoms with Gasteiger partial charge in [-0.3, -0.25) is 9.89 Å². The van der Waals surface area contributed by atoms with Crippen molar-refractivity contribution in [2.45, 2.75) is 38.6 Å². The van der Waals surface area contributed by atoms with Crippen molar-refractivity contribution in [1.29, 1.82) is 0 Å². The maximum absolute atomic E-state index is 12.1. The molecule has 1 amide bonds. The van der Waals surface area contributed by atoms with Crippen LogP contribution in [-0.2, 0) is 0 Å². The average molecular weight is 207 g/mol. The van der Waals surface area contributed by atoms with Gasteiger partial charge in [0.05, 0.1) is 11.8 Å². The fourth-order valence-corrected chi connectivity index (χ4v) is 2.11. The van der Waals surface area contributed by atoms with Gasteiger partial charge in [0.1, 0.15) is 0 Å². The summed E-state index contributed by atoms with van der Waals surface area (Å²) in [5, 5.41) is 6.50. The maximum Gasteiger partial charge on any atom is 0.257 e. The SMILES string of the molecule is CC1CCCCCN1C(=O)c1cn[nH]c1. The van der Waals surface area contributed by atoms with Gasteiger partial charge in [-0.15, -0.1) is 0 Å². The first-order valence-electron chi connectivity index (χ1n) is 5.59. The van der Waals surface area contributed by atoms with E-state index in [0.717, 1.165) is 19.4 Å². The van der Waals surface area contributed by atoms with Crippen LogP contribution in [0, 0.1) is 0 Å². The minimum atomic E-state index is 0.109. The number of H-pyrrole nitrogens is 1. The summed E-state index contributed by atoms with van der Waals surface area (Å²) in [5.74, 6) is 0.109. The van der Waals surface area contributed by atoms with Gasteiger partial charge in [-0.25, -0.2) is 0 Å². The Hall–Kier alpha value is -1.32. The third-order valence-corrected chi connectivity index (χ3v) is 3.06. The molecule has 15 heavy (non-hydrogen) atoms. The summed E-state index contributed by atoms with van der Waals surface area (Å²) in [6, 6.07) is 0.356. The number of nitrogens with one attached hydrogen (secondary N) is 1. The Balaban J connectivity index is 2.11. The first-order valence-corrected chi connectivity index (χ1v) is 5.59. The zero-order valence-electron chi connectivity index (χ0n) is 9.07. The van der Waals surface area contributed by atoms with Gasteiger partial charge in [-0.1, -0.05) is 12.8 Å². The van der Waals surface area contributed by atoms with E-state index in [1.54, 1.807) is 12.4 Å². The first-order chi connectivity index (χ1) is 7.29. The summed E-state index contributed by atoms with van der Waals surface area (Å²) in [5.41, 5.74) is 0.670. The summed E-state index contributed by atoms with van der Waals surface area (Å²) in [7, 11) is 0. The number of aromatic amines is 1. The van der Waals surface area contributed by atoms with E-state index in [-0.39, 0.29) is 5.91 Å². The van der Waals surface area contributed by atoms with Crippen LogP contribution in [0.2, 0.25) is 0 Å². The van der Waals surface area contributed by atoms with Crippen molar-refractivity contribution in [3.05, 3.63) is 18.0 Å². The normalized spacial score (nSPS) is 22.5. The molecule has 1 unspecified atom stereocenters. The Morgan fingerprint density at radius 3 is 3.13 bits per heavy atom. The maximum atomic E-state index is 12.1. The molecule has 0 aromatic carbocycles. The highest BCUT2D eigenvalue weighted by molar-refractivity contribution is 5.93. The lowest BCUT2D eigenvalue weighted by atomic mass is 10.1. The average Bonchev–Trinajstić information content (AvgIpc) is 2.68. The van der Waals surface area contributed by atoms with Gasteiger partial charge in [-0.2, -0.15) is 5.10 Å². The van der Waals surface area contributed by atoms with Crippen LogP contribution in [-0.4, -0.2) is 33.6 Å². The molecule has 1 aliphatic rings. The van der Waals surface area contributed by atoms with E-state index in [4.69, 9.17) is 0 Å². The molecule has 0 spiro atoms. The van der Waals surface area contributed by atoms with E-state index in [9.17, 15) is 4.79 Å². The molecule has 0 radical (unpaired) electrons. The summed E-state index contributed by atoms with van der Waals surface area (Å²) >= 11 is 0. The Bertz CT molecular complexity index is 321. The fourth-order valence-electron chi connectivity index (χ4n) is 2.11. The second-order valence-electron chi connectivity index (χ2n) is 4.18. The molecule has 1 saturated heterocycles. The number of likely N-dealkylation sites (tertiary alicyclic amines) is 1. The summed E-state index contributed by atoms with van der Waals surface area (Å²) in [6.07, 6.45) is 7.97. The van der Waals surface area contributed by atoms with Gasteiger partial charge in [0, 0.05) is 18.8 Å². The minimum absolute atomic E-state index is 0.109. The van der Waals surface area contributed by atoms with Crippen molar-refractivity contribution in [2.75, 3.05) is 6.54 Å². The molecular weight excluding hydrogens is 190 g/mol. The summed E-state index contributed by atoms with van der Waals surface area (Å²) < 4.78 is 0. The first kappa shape index (κ1) is 10.2. The number of aromatic nitrogens is 2. The fraction of sp³-hybridized carbons (Fsp3) is 0.636. The molecule has 82 valence electrons. The molecule has 0 bridgehead atoms. The van der Waals surface area contributed by atoms with Crippen LogP contribution < -0.4 is 0 Å². The second kappa shape index (κ2) is 4.47. The highest BCUT2D eigenvalue weighted by Gasteiger charge is 2.23. The topological polar surface area (TPSA) is 49.0 Å². The zero-order valence-corrected chi connectivity index (χ0v) is 9.07. The Morgan fingerprint density at radius 1 is 1.53 bits per heavy atom. The molecular formula is C11H17N3O. The van der Waals surface area contributed by atoms with Crippen LogP contribution in [0.15, 0.2) is 12.4 Å². The van der Waals surface area contributed by atoms with Crippen molar-refractivity contribution in [3.63, 3.8) is 0 Å². The third kappa shape index (κ3) is 2.19. The summed E-state index contributed by atoms with van der Waals surface area (Å²) in [4.78, 5) is 14.1. The Morgan fingerprint density at radius 2 is 2.40 bits per heavy atom. The van der Waals surface area contributed by atoms with E-state index >= 15 is 0 Å². The molecule has 0 aliphatic carbocycles. The van der Waals surface area contributed by atoms with Gasteiger partial charge in [0.15, 0.2) is 0 Å². The second-order valence-corrected chi connectivity index (χ2v) is 4.18. The lowest BCUT2D eigenvalue weighted by Crippen LogP contribution is -2.38. The molecule has 0 saturated carbocycles. The lowest BCUT2D eigenvalue weighted by molar-refractivity contribution is 0.0698. The van der Waals surface area contributed by atoms with Crippen molar-refractivity contribution < 1.29 is 4.79 Å². The quantitative estimate of drug-likeness (QED) is 0.763. The standard InChI is InChI=1S/C11H17N3O/c1-9-5-3-2-4-6-14(9)11(15)10-7-12-13-8-10/h7-9H,2-6H2,1H3,(H,12,13). The van der Waals surface area contributed by atoms with Gasteiger partial charge < -0.3 is 4.90 Å². The number of carbonyl (C=O) groups excluding carboxylic acids is 1. The highest BCUT2D eigenvalue weighted by Crippen LogP contribution is 2.18. The van der Waals surface area contributed by atoms with Crippen molar-refractivity contribution in [2.24, 2.45) is 0 Å².